The van der Waals surface area contributed by atoms with Crippen molar-refractivity contribution in [2.45, 2.75) is 5.41 Å². The molecule has 0 aliphatic heterocycles. The number of rotatable bonds is 4. The molecule has 154 valence electrons. The summed E-state index contributed by atoms with van der Waals surface area (Å²) in [5.74, 6) is 1.62. The van der Waals surface area contributed by atoms with E-state index in [1.54, 1.807) is 14.2 Å². The molecule has 4 aromatic rings. The van der Waals surface area contributed by atoms with Crippen molar-refractivity contribution in [1.82, 2.24) is 0 Å². The van der Waals surface area contributed by atoms with Crippen LogP contribution >= 0.6 is 0 Å². The highest BCUT2D eigenvalue weighted by atomic mass is 16.5. The van der Waals surface area contributed by atoms with E-state index in [1.165, 1.54) is 0 Å². The smallest absolute Gasteiger partial charge is 0.118 e. The molecule has 0 aromatic heterocycles. The Labute approximate surface area is 182 Å². The number of nitrogen functional groups attached to an aromatic ring is 2. The van der Waals surface area contributed by atoms with E-state index in [9.17, 15) is 0 Å². The van der Waals surface area contributed by atoms with Crippen LogP contribution in [0.1, 0.15) is 22.3 Å². The van der Waals surface area contributed by atoms with Gasteiger partial charge in [-0.3, -0.25) is 0 Å². The minimum Gasteiger partial charge on any atom is -0.497 e. The third-order valence-electron chi connectivity index (χ3n) is 6.23. The van der Waals surface area contributed by atoms with Crippen LogP contribution in [-0.4, -0.2) is 14.2 Å². The van der Waals surface area contributed by atoms with Gasteiger partial charge in [0.2, 0.25) is 0 Å². The van der Waals surface area contributed by atoms with Gasteiger partial charge in [0.15, 0.2) is 0 Å². The van der Waals surface area contributed by atoms with E-state index < -0.39 is 5.41 Å². The van der Waals surface area contributed by atoms with E-state index in [0.717, 1.165) is 56.3 Å². The van der Waals surface area contributed by atoms with Crippen LogP contribution in [0.4, 0.5) is 11.4 Å². The molecule has 0 atom stereocenters. The van der Waals surface area contributed by atoms with E-state index in [2.05, 4.69) is 48.5 Å². The topological polar surface area (TPSA) is 70.5 Å². The Morgan fingerprint density at radius 3 is 1.29 bits per heavy atom. The lowest BCUT2D eigenvalue weighted by Gasteiger charge is -2.34. The molecule has 0 radical (unpaired) electrons. The van der Waals surface area contributed by atoms with Crippen LogP contribution in [0, 0.1) is 0 Å². The van der Waals surface area contributed by atoms with Gasteiger partial charge >= 0.3 is 0 Å². The Hall–Kier alpha value is -3.92. The van der Waals surface area contributed by atoms with Crippen LogP contribution in [0.2, 0.25) is 0 Å². The molecule has 0 bridgehead atoms. The molecule has 0 saturated heterocycles. The van der Waals surface area contributed by atoms with Gasteiger partial charge in [0.1, 0.15) is 11.5 Å². The summed E-state index contributed by atoms with van der Waals surface area (Å²) < 4.78 is 10.8. The van der Waals surface area contributed by atoms with E-state index in [4.69, 9.17) is 20.9 Å². The zero-order valence-corrected chi connectivity index (χ0v) is 17.6. The molecule has 4 N–H and O–H groups in total. The number of benzene rings is 4. The lowest BCUT2D eigenvalue weighted by atomic mass is 9.67. The second-order valence-electron chi connectivity index (χ2n) is 7.82. The number of fused-ring (bicyclic) bond motifs is 3. The second-order valence-corrected chi connectivity index (χ2v) is 7.82. The molecule has 0 heterocycles. The number of anilines is 2. The summed E-state index contributed by atoms with van der Waals surface area (Å²) in [6.45, 7) is 0. The summed E-state index contributed by atoms with van der Waals surface area (Å²) in [5, 5.41) is 0. The number of hydrogen-bond acceptors (Lipinski definition) is 4. The Morgan fingerprint density at radius 1 is 0.548 bits per heavy atom. The largest absolute Gasteiger partial charge is 0.497 e. The van der Waals surface area contributed by atoms with E-state index in [-0.39, 0.29) is 0 Å². The fourth-order valence-electron chi connectivity index (χ4n) is 4.83. The van der Waals surface area contributed by atoms with Gasteiger partial charge in [-0.25, -0.2) is 0 Å². The summed E-state index contributed by atoms with van der Waals surface area (Å²) in [6, 6.07) is 28.8. The summed E-state index contributed by atoms with van der Waals surface area (Å²) >= 11 is 0. The van der Waals surface area contributed by atoms with Gasteiger partial charge < -0.3 is 20.9 Å². The summed E-state index contributed by atoms with van der Waals surface area (Å²) in [6.07, 6.45) is 0. The van der Waals surface area contributed by atoms with Gasteiger partial charge in [0, 0.05) is 11.4 Å². The normalized spacial score (nSPS) is 13.4. The first-order valence-electron chi connectivity index (χ1n) is 10.2. The SMILES string of the molecule is COc1ccc(C2(c3ccc(OC)cc3)c3cc(N)ccc3-c3ccc(N)cc32)cc1. The Bertz CT molecular complexity index is 1160. The van der Waals surface area contributed by atoms with Crippen molar-refractivity contribution in [1.29, 1.82) is 0 Å². The molecule has 31 heavy (non-hydrogen) atoms. The Balaban J connectivity index is 1.91. The van der Waals surface area contributed by atoms with Crippen LogP contribution in [-0.2, 0) is 5.41 Å². The van der Waals surface area contributed by atoms with Crippen LogP contribution < -0.4 is 20.9 Å². The molecule has 4 nitrogen and oxygen atoms in total. The number of ether oxygens (including phenoxy) is 2. The molecular formula is C27H24N2O2. The summed E-state index contributed by atoms with van der Waals surface area (Å²) in [5.41, 5.74) is 20.3. The number of hydrogen-bond donors (Lipinski definition) is 2. The predicted octanol–water partition coefficient (Wildman–Crippen LogP) is 5.23. The maximum atomic E-state index is 6.30. The minimum atomic E-state index is -0.562. The second kappa shape index (κ2) is 7.10. The van der Waals surface area contributed by atoms with Gasteiger partial charge in [0.05, 0.1) is 19.6 Å². The summed E-state index contributed by atoms with van der Waals surface area (Å²) in [7, 11) is 3.35. The predicted molar refractivity (Wildman–Crippen MR) is 126 cm³/mol. The standard InChI is InChI=1S/C27H24N2O2/c1-30-21-9-3-17(4-10-21)27(18-5-11-22(31-2)12-6-18)25-15-19(28)7-13-23(25)24-14-8-20(29)16-26(24)27/h3-16H,28-29H2,1-2H3. The molecule has 0 amide bonds. The molecule has 0 unspecified atom stereocenters. The Morgan fingerprint density at radius 2 is 0.935 bits per heavy atom. The van der Waals surface area contributed by atoms with E-state index in [0.29, 0.717) is 0 Å². The lowest BCUT2D eigenvalue weighted by molar-refractivity contribution is 0.414. The molecular weight excluding hydrogens is 384 g/mol. The third-order valence-corrected chi connectivity index (χ3v) is 6.23. The van der Waals surface area contributed by atoms with Gasteiger partial charge in [-0.15, -0.1) is 0 Å². The van der Waals surface area contributed by atoms with Crippen molar-refractivity contribution in [2.75, 3.05) is 25.7 Å². The van der Waals surface area contributed by atoms with E-state index in [1.807, 2.05) is 36.4 Å². The Kier molecular flexibility index (Phi) is 4.36. The van der Waals surface area contributed by atoms with Crippen molar-refractivity contribution in [3.05, 3.63) is 107 Å². The average Bonchev–Trinajstić information content (AvgIpc) is 3.08. The maximum absolute atomic E-state index is 6.30. The number of methoxy groups -OCH3 is 2. The van der Waals surface area contributed by atoms with Crippen LogP contribution in [0.5, 0.6) is 11.5 Å². The van der Waals surface area contributed by atoms with Gasteiger partial charge in [-0.1, -0.05) is 36.4 Å². The lowest BCUT2D eigenvalue weighted by Crippen LogP contribution is -2.28. The van der Waals surface area contributed by atoms with Crippen LogP contribution in [0.15, 0.2) is 84.9 Å². The van der Waals surface area contributed by atoms with Crippen molar-refractivity contribution in [3.63, 3.8) is 0 Å². The maximum Gasteiger partial charge on any atom is 0.118 e. The molecule has 1 aliphatic rings. The van der Waals surface area contributed by atoms with Gasteiger partial charge in [0.25, 0.3) is 0 Å². The fourth-order valence-corrected chi connectivity index (χ4v) is 4.83. The van der Waals surface area contributed by atoms with Crippen molar-refractivity contribution >= 4 is 11.4 Å². The average molecular weight is 409 g/mol. The number of nitrogens with two attached hydrogens (primary N) is 2. The molecule has 0 fully saturated rings. The monoisotopic (exact) mass is 408 g/mol. The highest BCUT2D eigenvalue weighted by Gasteiger charge is 2.46. The molecule has 0 saturated carbocycles. The fraction of sp³-hybridized carbons (Fsp3) is 0.111. The van der Waals surface area contributed by atoms with Crippen LogP contribution in [0.25, 0.3) is 11.1 Å². The van der Waals surface area contributed by atoms with E-state index >= 15 is 0 Å². The first kappa shape index (κ1) is 19.1. The van der Waals surface area contributed by atoms with Crippen molar-refractivity contribution in [3.8, 4) is 22.6 Å². The molecule has 5 rings (SSSR count). The van der Waals surface area contributed by atoms with Gasteiger partial charge in [-0.05, 0) is 81.9 Å². The first-order chi connectivity index (χ1) is 15.1. The van der Waals surface area contributed by atoms with Crippen molar-refractivity contribution in [2.24, 2.45) is 0 Å². The van der Waals surface area contributed by atoms with Crippen LogP contribution in [0.3, 0.4) is 0 Å². The minimum absolute atomic E-state index is 0.562. The first-order valence-corrected chi connectivity index (χ1v) is 10.2. The highest BCUT2D eigenvalue weighted by molar-refractivity contribution is 5.88. The molecule has 1 aliphatic carbocycles. The zero-order chi connectivity index (χ0) is 21.6. The quantitative estimate of drug-likeness (QED) is 0.400. The summed E-state index contributed by atoms with van der Waals surface area (Å²) in [4.78, 5) is 0. The molecule has 0 spiro atoms. The highest BCUT2D eigenvalue weighted by Crippen LogP contribution is 2.57. The van der Waals surface area contributed by atoms with Crippen molar-refractivity contribution < 1.29 is 9.47 Å². The van der Waals surface area contributed by atoms with Gasteiger partial charge in [-0.2, -0.15) is 0 Å². The molecule has 4 aromatic carbocycles. The zero-order valence-electron chi connectivity index (χ0n) is 17.6. The third kappa shape index (κ3) is 2.76. The molecule has 4 heteroatoms.